The lowest BCUT2D eigenvalue weighted by molar-refractivity contribution is -0.0444. The molecule has 2 N–H and O–H groups in total. The first kappa shape index (κ1) is 12.9. The zero-order valence-electron chi connectivity index (χ0n) is 11.3. The molecule has 3 nitrogen and oxygen atoms in total. The third-order valence-corrected chi connectivity index (χ3v) is 4.41. The Kier molecular flexibility index (Phi) is 3.76. The van der Waals surface area contributed by atoms with E-state index in [0.29, 0.717) is 18.7 Å². The molecule has 2 aliphatic heterocycles. The van der Waals surface area contributed by atoms with E-state index in [4.69, 9.17) is 4.74 Å². The van der Waals surface area contributed by atoms with Crippen LogP contribution in [0.4, 0.5) is 0 Å². The van der Waals surface area contributed by atoms with Gasteiger partial charge in [-0.3, -0.25) is 0 Å². The summed E-state index contributed by atoms with van der Waals surface area (Å²) in [5.74, 6) is 0.889. The minimum atomic E-state index is -0.532. The Balaban J connectivity index is 1.51. The van der Waals surface area contributed by atoms with Crippen LogP contribution < -0.4 is 10.1 Å². The Morgan fingerprint density at radius 1 is 1.16 bits per heavy atom. The van der Waals surface area contributed by atoms with E-state index in [-0.39, 0.29) is 0 Å². The molecule has 0 aromatic heterocycles. The Labute approximate surface area is 115 Å². The van der Waals surface area contributed by atoms with Gasteiger partial charge in [-0.1, -0.05) is 24.6 Å². The molecule has 0 saturated carbocycles. The predicted octanol–water partition coefficient (Wildman–Crippen LogP) is 2.49. The standard InChI is InChI=1S/C16H23NO2/c18-16(9-10-19-15-7-2-1-3-8-15)11-13-5-4-6-14(12-16)17-13/h1-3,7-8,13-14,17-18H,4-6,9-12H2. The van der Waals surface area contributed by atoms with Gasteiger partial charge in [0.25, 0.3) is 0 Å². The molecule has 2 unspecified atom stereocenters. The van der Waals surface area contributed by atoms with Gasteiger partial charge in [0.15, 0.2) is 0 Å². The highest BCUT2D eigenvalue weighted by molar-refractivity contribution is 5.20. The highest BCUT2D eigenvalue weighted by Gasteiger charge is 2.40. The van der Waals surface area contributed by atoms with Crippen molar-refractivity contribution >= 4 is 0 Å². The normalized spacial score (nSPS) is 33.9. The smallest absolute Gasteiger partial charge is 0.119 e. The molecule has 0 spiro atoms. The van der Waals surface area contributed by atoms with Crippen molar-refractivity contribution in [2.24, 2.45) is 0 Å². The van der Waals surface area contributed by atoms with Gasteiger partial charge in [0.05, 0.1) is 12.2 Å². The van der Waals surface area contributed by atoms with Crippen LogP contribution in [0.15, 0.2) is 30.3 Å². The number of rotatable bonds is 4. The summed E-state index contributed by atoms with van der Waals surface area (Å²) in [5, 5.41) is 14.4. The fourth-order valence-corrected chi connectivity index (χ4v) is 3.51. The summed E-state index contributed by atoms with van der Waals surface area (Å²) < 4.78 is 5.72. The fraction of sp³-hybridized carbons (Fsp3) is 0.625. The van der Waals surface area contributed by atoms with E-state index in [0.717, 1.165) is 25.0 Å². The number of piperidine rings is 2. The number of hydrogen-bond donors (Lipinski definition) is 2. The second-order valence-electron chi connectivity index (χ2n) is 6.04. The van der Waals surface area contributed by atoms with Crippen LogP contribution in [-0.2, 0) is 0 Å². The lowest BCUT2D eigenvalue weighted by Crippen LogP contribution is -2.56. The average molecular weight is 261 g/mol. The van der Waals surface area contributed by atoms with Crippen molar-refractivity contribution < 1.29 is 9.84 Å². The van der Waals surface area contributed by atoms with Gasteiger partial charge < -0.3 is 15.2 Å². The molecular formula is C16H23NO2. The third-order valence-electron chi connectivity index (χ3n) is 4.41. The molecule has 104 valence electrons. The number of hydrogen-bond acceptors (Lipinski definition) is 3. The van der Waals surface area contributed by atoms with Crippen LogP contribution in [0, 0.1) is 0 Å². The number of benzene rings is 1. The van der Waals surface area contributed by atoms with E-state index in [9.17, 15) is 5.11 Å². The Morgan fingerprint density at radius 2 is 1.84 bits per heavy atom. The van der Waals surface area contributed by atoms with E-state index in [1.807, 2.05) is 30.3 Å². The molecule has 2 atom stereocenters. The van der Waals surface area contributed by atoms with Crippen LogP contribution >= 0.6 is 0 Å². The van der Waals surface area contributed by atoms with Crippen LogP contribution in [0.25, 0.3) is 0 Å². The van der Waals surface area contributed by atoms with E-state index in [1.165, 1.54) is 19.3 Å². The molecule has 0 amide bonds. The molecule has 2 fully saturated rings. The number of nitrogens with one attached hydrogen (secondary N) is 1. The number of fused-ring (bicyclic) bond motifs is 2. The second-order valence-corrected chi connectivity index (χ2v) is 6.04. The molecule has 3 rings (SSSR count). The van der Waals surface area contributed by atoms with Crippen molar-refractivity contribution in [2.45, 2.75) is 56.2 Å². The van der Waals surface area contributed by atoms with Crippen LogP contribution in [0.1, 0.15) is 38.5 Å². The predicted molar refractivity (Wildman–Crippen MR) is 75.3 cm³/mol. The Hall–Kier alpha value is -1.06. The van der Waals surface area contributed by atoms with Crippen molar-refractivity contribution in [3.05, 3.63) is 30.3 Å². The molecule has 19 heavy (non-hydrogen) atoms. The topological polar surface area (TPSA) is 41.5 Å². The monoisotopic (exact) mass is 261 g/mol. The van der Waals surface area contributed by atoms with Gasteiger partial charge in [-0.25, -0.2) is 0 Å². The van der Waals surface area contributed by atoms with E-state index >= 15 is 0 Å². The van der Waals surface area contributed by atoms with Gasteiger partial charge in [0, 0.05) is 18.5 Å². The van der Waals surface area contributed by atoms with Gasteiger partial charge >= 0.3 is 0 Å². The van der Waals surface area contributed by atoms with Gasteiger partial charge in [0.1, 0.15) is 5.75 Å². The third kappa shape index (κ3) is 3.28. The van der Waals surface area contributed by atoms with Gasteiger partial charge in [-0.2, -0.15) is 0 Å². The van der Waals surface area contributed by atoms with Gasteiger partial charge in [-0.05, 0) is 37.8 Å². The highest BCUT2D eigenvalue weighted by atomic mass is 16.5. The molecule has 1 aromatic rings. The SMILES string of the molecule is OC1(CCOc2ccccc2)CC2CCCC(C1)N2. The summed E-state index contributed by atoms with van der Waals surface area (Å²) >= 11 is 0. The first-order valence-corrected chi connectivity index (χ1v) is 7.40. The number of para-hydroxylation sites is 1. The van der Waals surface area contributed by atoms with Gasteiger partial charge in [-0.15, -0.1) is 0 Å². The Bertz CT molecular complexity index is 394. The first-order valence-electron chi connectivity index (χ1n) is 7.40. The molecule has 2 aliphatic rings. The minimum Gasteiger partial charge on any atom is -0.493 e. The van der Waals surface area contributed by atoms with Crippen molar-refractivity contribution in [1.29, 1.82) is 0 Å². The van der Waals surface area contributed by atoms with Crippen molar-refractivity contribution in [2.75, 3.05) is 6.61 Å². The summed E-state index contributed by atoms with van der Waals surface area (Å²) in [4.78, 5) is 0. The van der Waals surface area contributed by atoms with Crippen LogP contribution in [-0.4, -0.2) is 29.4 Å². The van der Waals surface area contributed by atoms with E-state index in [2.05, 4.69) is 5.32 Å². The van der Waals surface area contributed by atoms with Crippen LogP contribution in [0.2, 0.25) is 0 Å². The van der Waals surface area contributed by atoms with Crippen LogP contribution in [0.5, 0.6) is 5.75 Å². The highest BCUT2D eigenvalue weighted by Crippen LogP contribution is 2.34. The maximum absolute atomic E-state index is 10.7. The van der Waals surface area contributed by atoms with E-state index in [1.54, 1.807) is 0 Å². The maximum Gasteiger partial charge on any atom is 0.119 e. The number of ether oxygens (including phenoxy) is 1. The molecule has 2 heterocycles. The lowest BCUT2D eigenvalue weighted by Gasteiger charge is -2.45. The minimum absolute atomic E-state index is 0.509. The summed E-state index contributed by atoms with van der Waals surface area (Å²) in [5.41, 5.74) is -0.532. The number of aliphatic hydroxyl groups is 1. The molecule has 3 heteroatoms. The molecular weight excluding hydrogens is 238 g/mol. The largest absolute Gasteiger partial charge is 0.493 e. The van der Waals surface area contributed by atoms with Crippen molar-refractivity contribution in [3.8, 4) is 5.75 Å². The fourth-order valence-electron chi connectivity index (χ4n) is 3.51. The summed E-state index contributed by atoms with van der Waals surface area (Å²) in [6.45, 7) is 0.597. The van der Waals surface area contributed by atoms with E-state index < -0.39 is 5.60 Å². The van der Waals surface area contributed by atoms with Crippen molar-refractivity contribution in [3.63, 3.8) is 0 Å². The Morgan fingerprint density at radius 3 is 2.53 bits per heavy atom. The summed E-state index contributed by atoms with van der Waals surface area (Å²) in [6.07, 6.45) is 6.20. The lowest BCUT2D eigenvalue weighted by atomic mass is 9.76. The summed E-state index contributed by atoms with van der Waals surface area (Å²) in [7, 11) is 0. The summed E-state index contributed by atoms with van der Waals surface area (Å²) in [6, 6.07) is 10.9. The van der Waals surface area contributed by atoms with Gasteiger partial charge in [0.2, 0.25) is 0 Å². The molecule has 2 bridgehead atoms. The molecule has 0 radical (unpaired) electrons. The average Bonchev–Trinajstić information content (AvgIpc) is 2.39. The van der Waals surface area contributed by atoms with Crippen molar-refractivity contribution in [1.82, 2.24) is 5.32 Å². The maximum atomic E-state index is 10.7. The molecule has 1 aromatic carbocycles. The quantitative estimate of drug-likeness (QED) is 0.875. The van der Waals surface area contributed by atoms with Crippen LogP contribution in [0.3, 0.4) is 0 Å². The zero-order valence-corrected chi connectivity index (χ0v) is 11.3. The molecule has 2 saturated heterocycles. The second kappa shape index (κ2) is 5.51. The molecule has 0 aliphatic carbocycles. The zero-order chi connectivity index (χ0) is 13.1. The first-order chi connectivity index (χ1) is 9.23.